The molecule has 1 aliphatic rings. The Morgan fingerprint density at radius 1 is 1.22 bits per heavy atom. The summed E-state index contributed by atoms with van der Waals surface area (Å²) in [6.45, 7) is 1.23. The number of benzene rings is 2. The number of rotatable bonds is 5. The Kier molecular flexibility index (Phi) is 5.10. The van der Waals surface area contributed by atoms with Gasteiger partial charge in [0.15, 0.2) is 0 Å². The van der Waals surface area contributed by atoms with E-state index in [-0.39, 0.29) is 5.91 Å². The van der Waals surface area contributed by atoms with Crippen LogP contribution in [-0.4, -0.2) is 35.4 Å². The first-order chi connectivity index (χ1) is 11.2. The number of thioether (sulfide) groups is 1. The predicted octanol–water partition coefficient (Wildman–Crippen LogP) is 4.08. The van der Waals surface area contributed by atoms with Gasteiger partial charge in [-0.05, 0) is 28.8 Å². The maximum atomic E-state index is 12.6. The average Bonchev–Trinajstić information content (AvgIpc) is 2.83. The standard InChI is InChI=1S/C18H17NO2S2/c1-21-11-5-10-19-17(20)16(23-18(19)22)12-14-8-4-7-13-6-2-3-9-15(13)14/h2-4,6-9,12H,5,10-11H2,1H3. The summed E-state index contributed by atoms with van der Waals surface area (Å²) in [5, 5.41) is 2.30. The monoisotopic (exact) mass is 343 g/mol. The quantitative estimate of drug-likeness (QED) is 0.465. The van der Waals surface area contributed by atoms with Crippen LogP contribution in [0.1, 0.15) is 12.0 Å². The summed E-state index contributed by atoms with van der Waals surface area (Å²) in [6.07, 6.45) is 2.72. The van der Waals surface area contributed by atoms with Crippen LogP contribution in [0.5, 0.6) is 0 Å². The van der Waals surface area contributed by atoms with Crippen molar-refractivity contribution in [1.82, 2.24) is 4.90 Å². The van der Waals surface area contributed by atoms with E-state index in [1.807, 2.05) is 30.3 Å². The van der Waals surface area contributed by atoms with E-state index in [4.69, 9.17) is 17.0 Å². The van der Waals surface area contributed by atoms with Gasteiger partial charge in [-0.15, -0.1) is 0 Å². The number of carbonyl (C=O) groups excluding carboxylic acids is 1. The highest BCUT2D eigenvalue weighted by atomic mass is 32.2. The molecule has 0 bridgehead atoms. The Morgan fingerprint density at radius 2 is 2.00 bits per heavy atom. The summed E-state index contributed by atoms with van der Waals surface area (Å²) in [5.74, 6) is -0.0102. The lowest BCUT2D eigenvalue weighted by Crippen LogP contribution is -2.29. The summed E-state index contributed by atoms with van der Waals surface area (Å²) in [5.41, 5.74) is 1.04. The summed E-state index contributed by atoms with van der Waals surface area (Å²) >= 11 is 6.71. The average molecular weight is 343 g/mol. The first kappa shape index (κ1) is 16.2. The van der Waals surface area contributed by atoms with Gasteiger partial charge < -0.3 is 4.74 Å². The van der Waals surface area contributed by atoms with Crippen LogP contribution in [0.25, 0.3) is 16.8 Å². The van der Waals surface area contributed by atoms with Crippen molar-refractivity contribution in [2.24, 2.45) is 0 Å². The molecular formula is C18H17NO2S2. The molecule has 0 radical (unpaired) electrons. The van der Waals surface area contributed by atoms with Crippen molar-refractivity contribution in [3.8, 4) is 0 Å². The lowest BCUT2D eigenvalue weighted by Gasteiger charge is -2.13. The minimum atomic E-state index is -0.0102. The van der Waals surface area contributed by atoms with Crippen LogP contribution in [0.2, 0.25) is 0 Å². The molecule has 3 nitrogen and oxygen atoms in total. The number of nitrogens with zero attached hydrogens (tertiary/aromatic N) is 1. The first-order valence-corrected chi connectivity index (χ1v) is 8.65. The SMILES string of the molecule is COCCCN1C(=O)C(=Cc2cccc3ccccc23)SC1=S. The van der Waals surface area contributed by atoms with E-state index in [1.54, 1.807) is 12.0 Å². The minimum absolute atomic E-state index is 0.0102. The van der Waals surface area contributed by atoms with Gasteiger partial charge in [0.25, 0.3) is 5.91 Å². The number of carbonyl (C=O) groups is 1. The van der Waals surface area contributed by atoms with E-state index in [2.05, 4.69) is 18.2 Å². The number of hydrogen-bond donors (Lipinski definition) is 0. The molecule has 0 aromatic heterocycles. The number of ether oxygens (including phenoxy) is 1. The van der Waals surface area contributed by atoms with E-state index >= 15 is 0 Å². The van der Waals surface area contributed by atoms with Gasteiger partial charge in [0.1, 0.15) is 4.32 Å². The van der Waals surface area contributed by atoms with Crippen molar-refractivity contribution in [2.75, 3.05) is 20.3 Å². The largest absolute Gasteiger partial charge is 0.385 e. The van der Waals surface area contributed by atoms with Gasteiger partial charge in [0.05, 0.1) is 4.91 Å². The third kappa shape index (κ3) is 3.47. The van der Waals surface area contributed by atoms with Crippen LogP contribution in [-0.2, 0) is 9.53 Å². The highest BCUT2D eigenvalue weighted by Crippen LogP contribution is 2.33. The molecule has 0 aliphatic carbocycles. The van der Waals surface area contributed by atoms with Gasteiger partial charge in [0, 0.05) is 20.3 Å². The summed E-state index contributed by atoms with van der Waals surface area (Å²) < 4.78 is 5.66. The third-order valence-electron chi connectivity index (χ3n) is 3.71. The van der Waals surface area contributed by atoms with Crippen molar-refractivity contribution in [2.45, 2.75) is 6.42 Å². The maximum Gasteiger partial charge on any atom is 0.266 e. The summed E-state index contributed by atoms with van der Waals surface area (Å²) in [6, 6.07) is 14.3. The highest BCUT2D eigenvalue weighted by Gasteiger charge is 2.31. The zero-order valence-electron chi connectivity index (χ0n) is 12.8. The molecular weight excluding hydrogens is 326 g/mol. The Labute approximate surface area is 145 Å². The normalized spacial score (nSPS) is 16.7. The van der Waals surface area contributed by atoms with E-state index in [0.29, 0.717) is 22.4 Å². The zero-order chi connectivity index (χ0) is 16.2. The van der Waals surface area contributed by atoms with Gasteiger partial charge in [0.2, 0.25) is 0 Å². The van der Waals surface area contributed by atoms with E-state index in [0.717, 1.165) is 22.8 Å². The molecule has 0 atom stereocenters. The molecule has 0 spiro atoms. The van der Waals surface area contributed by atoms with E-state index in [1.165, 1.54) is 11.8 Å². The van der Waals surface area contributed by atoms with Crippen LogP contribution < -0.4 is 0 Å². The molecule has 1 saturated heterocycles. The number of thiocarbonyl (C=S) groups is 1. The fraction of sp³-hybridized carbons (Fsp3) is 0.222. The molecule has 118 valence electrons. The van der Waals surface area contributed by atoms with Crippen molar-refractivity contribution in [1.29, 1.82) is 0 Å². The van der Waals surface area contributed by atoms with Crippen LogP contribution in [0.4, 0.5) is 0 Å². The second kappa shape index (κ2) is 7.25. The van der Waals surface area contributed by atoms with E-state index < -0.39 is 0 Å². The van der Waals surface area contributed by atoms with Crippen molar-refractivity contribution >= 4 is 51.1 Å². The highest BCUT2D eigenvalue weighted by molar-refractivity contribution is 8.26. The third-order valence-corrected chi connectivity index (χ3v) is 5.09. The summed E-state index contributed by atoms with van der Waals surface area (Å²) in [7, 11) is 1.66. The minimum Gasteiger partial charge on any atom is -0.385 e. The van der Waals surface area contributed by atoms with Crippen LogP contribution in [0.15, 0.2) is 47.4 Å². The molecule has 2 aromatic rings. The van der Waals surface area contributed by atoms with Crippen LogP contribution in [0.3, 0.4) is 0 Å². The zero-order valence-corrected chi connectivity index (χ0v) is 14.5. The molecule has 1 heterocycles. The molecule has 23 heavy (non-hydrogen) atoms. The Morgan fingerprint density at radius 3 is 2.83 bits per heavy atom. The fourth-order valence-corrected chi connectivity index (χ4v) is 3.88. The van der Waals surface area contributed by atoms with Gasteiger partial charge in [-0.25, -0.2) is 0 Å². The molecule has 1 aliphatic heterocycles. The second-order valence-corrected chi connectivity index (χ2v) is 6.92. The molecule has 5 heteroatoms. The van der Waals surface area contributed by atoms with E-state index in [9.17, 15) is 4.79 Å². The molecule has 0 N–H and O–H groups in total. The maximum absolute atomic E-state index is 12.6. The van der Waals surface area contributed by atoms with Gasteiger partial charge in [-0.3, -0.25) is 9.69 Å². The van der Waals surface area contributed by atoms with Crippen LogP contribution in [0, 0.1) is 0 Å². The Hall–Kier alpha value is -1.69. The Balaban J connectivity index is 1.88. The molecule has 1 fully saturated rings. The van der Waals surface area contributed by atoms with Crippen molar-refractivity contribution in [3.63, 3.8) is 0 Å². The van der Waals surface area contributed by atoms with Crippen molar-refractivity contribution < 1.29 is 9.53 Å². The van der Waals surface area contributed by atoms with Crippen LogP contribution >= 0.6 is 24.0 Å². The second-order valence-electron chi connectivity index (χ2n) is 5.25. The first-order valence-electron chi connectivity index (χ1n) is 7.43. The number of hydrogen-bond acceptors (Lipinski definition) is 4. The lowest BCUT2D eigenvalue weighted by molar-refractivity contribution is -0.122. The Bertz CT molecular complexity index is 780. The lowest BCUT2D eigenvalue weighted by atomic mass is 10.0. The fourth-order valence-electron chi connectivity index (χ4n) is 2.58. The number of fused-ring (bicyclic) bond motifs is 1. The summed E-state index contributed by atoms with van der Waals surface area (Å²) in [4.78, 5) is 14.9. The van der Waals surface area contributed by atoms with Gasteiger partial charge >= 0.3 is 0 Å². The topological polar surface area (TPSA) is 29.5 Å². The number of methoxy groups -OCH3 is 1. The molecule has 0 unspecified atom stereocenters. The molecule has 0 saturated carbocycles. The van der Waals surface area contributed by atoms with Gasteiger partial charge in [-0.2, -0.15) is 0 Å². The smallest absolute Gasteiger partial charge is 0.266 e. The predicted molar refractivity (Wildman–Crippen MR) is 100 cm³/mol. The molecule has 3 rings (SSSR count). The number of amides is 1. The van der Waals surface area contributed by atoms with Gasteiger partial charge in [-0.1, -0.05) is 66.4 Å². The molecule has 1 amide bonds. The molecule has 2 aromatic carbocycles. The van der Waals surface area contributed by atoms with Crippen molar-refractivity contribution in [3.05, 3.63) is 52.9 Å².